The lowest BCUT2D eigenvalue weighted by molar-refractivity contribution is 0.0949. The number of methoxy groups -OCH3 is 1. The van der Waals surface area contributed by atoms with Gasteiger partial charge in [-0.15, -0.1) is 0 Å². The summed E-state index contributed by atoms with van der Waals surface area (Å²) in [5.41, 5.74) is 2.86. The van der Waals surface area contributed by atoms with Crippen molar-refractivity contribution in [2.45, 2.75) is 25.3 Å². The molecular weight excluding hydrogens is 466 g/mol. The first kappa shape index (κ1) is 24.0. The molecule has 1 amide bonds. The Morgan fingerprint density at radius 1 is 0.971 bits per heavy atom. The number of fused-ring (bicyclic) bond motifs is 1. The highest BCUT2D eigenvalue weighted by atomic mass is 32.2. The molecule has 0 unspecified atom stereocenters. The lowest BCUT2D eigenvalue weighted by atomic mass is 10.1. The molecule has 0 atom stereocenters. The van der Waals surface area contributed by atoms with Crippen molar-refractivity contribution in [3.05, 3.63) is 99.3 Å². The minimum atomic E-state index is -3.95. The van der Waals surface area contributed by atoms with Gasteiger partial charge in [0, 0.05) is 29.3 Å². The summed E-state index contributed by atoms with van der Waals surface area (Å²) < 4.78 is 33.7. The van der Waals surface area contributed by atoms with Crippen LogP contribution in [0.25, 0.3) is 10.9 Å². The second-order valence-corrected chi connectivity index (χ2v) is 9.93. The predicted molar refractivity (Wildman–Crippen MR) is 135 cm³/mol. The van der Waals surface area contributed by atoms with Gasteiger partial charge in [-0.2, -0.15) is 0 Å². The Balaban J connectivity index is 1.60. The molecule has 0 fully saturated rings. The largest absolute Gasteiger partial charge is 0.497 e. The van der Waals surface area contributed by atoms with Crippen molar-refractivity contribution in [2.24, 2.45) is 0 Å². The second-order valence-electron chi connectivity index (χ2n) is 8.25. The zero-order valence-corrected chi connectivity index (χ0v) is 20.3. The van der Waals surface area contributed by atoms with Crippen molar-refractivity contribution in [2.75, 3.05) is 11.8 Å². The summed E-state index contributed by atoms with van der Waals surface area (Å²) in [4.78, 5) is 28.6. The molecule has 3 N–H and O–H groups in total. The summed E-state index contributed by atoms with van der Waals surface area (Å²) in [6, 6.07) is 16.8. The number of sulfonamides is 1. The van der Waals surface area contributed by atoms with E-state index in [0.717, 1.165) is 16.7 Å². The number of carbonyl (C=O) groups excluding carboxylic acids is 1. The van der Waals surface area contributed by atoms with Gasteiger partial charge in [-0.25, -0.2) is 8.42 Å². The van der Waals surface area contributed by atoms with Gasteiger partial charge in [-0.1, -0.05) is 18.2 Å². The van der Waals surface area contributed by atoms with Crippen molar-refractivity contribution in [1.29, 1.82) is 0 Å². The molecule has 4 aromatic rings. The summed E-state index contributed by atoms with van der Waals surface area (Å²) in [6.07, 6.45) is 1.33. The quantitative estimate of drug-likeness (QED) is 0.363. The van der Waals surface area contributed by atoms with Gasteiger partial charge in [0.05, 0.1) is 12.0 Å². The minimum Gasteiger partial charge on any atom is -0.497 e. The standard InChI is InChI=1S/C26H25N3O5S/c1-16-10-17(2)12-19(11-16)29-35(32,33)21-8-9-24-22(13-21)25(30)23(15-27-24)26(31)28-14-18-4-6-20(34-3)7-5-18/h4-13,15,29H,14H2,1-3H3,(H,27,30)(H,28,31). The van der Waals surface area contributed by atoms with Crippen molar-refractivity contribution >= 4 is 32.5 Å². The van der Waals surface area contributed by atoms with Crippen molar-refractivity contribution in [3.63, 3.8) is 0 Å². The van der Waals surface area contributed by atoms with Crippen LogP contribution in [0.5, 0.6) is 5.75 Å². The number of aromatic nitrogens is 1. The SMILES string of the molecule is COc1ccc(CNC(=O)c2c[nH]c3ccc(S(=O)(=O)Nc4cc(C)cc(C)c4)cc3c2=O)cc1. The van der Waals surface area contributed by atoms with Crippen LogP contribution in [0, 0.1) is 13.8 Å². The maximum absolute atomic E-state index is 13.1. The highest BCUT2D eigenvalue weighted by Gasteiger charge is 2.18. The fraction of sp³-hybridized carbons (Fsp3) is 0.154. The third-order valence-corrected chi connectivity index (χ3v) is 6.87. The lowest BCUT2D eigenvalue weighted by Gasteiger charge is -2.11. The molecule has 4 rings (SSSR count). The Kier molecular flexibility index (Phi) is 6.61. The van der Waals surface area contributed by atoms with Gasteiger partial charge < -0.3 is 15.0 Å². The summed E-state index contributed by atoms with van der Waals surface area (Å²) in [7, 11) is -2.39. The number of rotatable bonds is 7. The van der Waals surface area contributed by atoms with Gasteiger partial charge in [-0.05, 0) is 73.0 Å². The third kappa shape index (κ3) is 5.36. The average molecular weight is 492 g/mol. The van der Waals surface area contributed by atoms with E-state index in [1.165, 1.54) is 24.4 Å². The van der Waals surface area contributed by atoms with E-state index in [2.05, 4.69) is 15.0 Å². The zero-order chi connectivity index (χ0) is 25.2. The molecule has 0 bridgehead atoms. The van der Waals surface area contributed by atoms with E-state index in [0.29, 0.717) is 17.0 Å². The number of hydrogen-bond acceptors (Lipinski definition) is 5. The smallest absolute Gasteiger partial charge is 0.261 e. The fourth-order valence-corrected chi connectivity index (χ4v) is 4.87. The van der Waals surface area contributed by atoms with Crippen molar-refractivity contribution < 1.29 is 17.9 Å². The molecule has 0 saturated carbocycles. The van der Waals surface area contributed by atoms with Crippen LogP contribution in [0.4, 0.5) is 5.69 Å². The van der Waals surface area contributed by atoms with Crippen LogP contribution in [0.3, 0.4) is 0 Å². The van der Waals surface area contributed by atoms with E-state index in [1.54, 1.807) is 31.4 Å². The molecule has 180 valence electrons. The van der Waals surface area contributed by atoms with E-state index in [4.69, 9.17) is 4.74 Å². The van der Waals surface area contributed by atoms with Gasteiger partial charge >= 0.3 is 0 Å². The highest BCUT2D eigenvalue weighted by Crippen LogP contribution is 2.21. The zero-order valence-electron chi connectivity index (χ0n) is 19.5. The Morgan fingerprint density at radius 2 is 1.66 bits per heavy atom. The maximum Gasteiger partial charge on any atom is 0.261 e. The predicted octanol–water partition coefficient (Wildman–Crippen LogP) is 3.88. The number of anilines is 1. The maximum atomic E-state index is 13.1. The number of nitrogens with one attached hydrogen (secondary N) is 3. The van der Waals surface area contributed by atoms with Gasteiger partial charge in [0.1, 0.15) is 11.3 Å². The number of benzene rings is 3. The molecule has 0 spiro atoms. The van der Waals surface area contributed by atoms with Gasteiger partial charge in [0.15, 0.2) is 0 Å². The van der Waals surface area contributed by atoms with Crippen LogP contribution in [0.1, 0.15) is 27.0 Å². The van der Waals surface area contributed by atoms with Crippen LogP contribution in [0.2, 0.25) is 0 Å². The molecule has 1 heterocycles. The van der Waals surface area contributed by atoms with Crippen LogP contribution in [-0.2, 0) is 16.6 Å². The molecule has 0 aliphatic heterocycles. The molecule has 0 aliphatic rings. The average Bonchev–Trinajstić information content (AvgIpc) is 2.82. The molecule has 0 saturated heterocycles. The molecule has 0 aliphatic carbocycles. The molecule has 1 aromatic heterocycles. The molecule has 9 heteroatoms. The summed E-state index contributed by atoms with van der Waals surface area (Å²) in [5, 5.41) is 2.82. The van der Waals surface area contributed by atoms with Crippen molar-refractivity contribution in [3.8, 4) is 5.75 Å². The van der Waals surface area contributed by atoms with E-state index in [-0.39, 0.29) is 22.4 Å². The number of aromatic amines is 1. The van der Waals surface area contributed by atoms with Gasteiger partial charge in [-0.3, -0.25) is 14.3 Å². The first-order valence-electron chi connectivity index (χ1n) is 10.8. The van der Waals surface area contributed by atoms with Crippen LogP contribution >= 0.6 is 0 Å². The number of ether oxygens (including phenoxy) is 1. The molecule has 35 heavy (non-hydrogen) atoms. The van der Waals surface area contributed by atoms with E-state index < -0.39 is 21.4 Å². The summed E-state index contributed by atoms with van der Waals surface area (Å²) in [6.45, 7) is 3.97. The molecule has 8 nitrogen and oxygen atoms in total. The third-order valence-electron chi connectivity index (χ3n) is 5.49. The Hall–Kier alpha value is -4.11. The fourth-order valence-electron chi connectivity index (χ4n) is 3.80. The number of carbonyl (C=O) groups is 1. The number of hydrogen-bond donors (Lipinski definition) is 3. The molecule has 3 aromatic carbocycles. The lowest BCUT2D eigenvalue weighted by Crippen LogP contribution is -2.28. The van der Waals surface area contributed by atoms with Crippen LogP contribution in [-0.4, -0.2) is 26.4 Å². The topological polar surface area (TPSA) is 117 Å². The van der Waals surface area contributed by atoms with Gasteiger partial charge in [0.2, 0.25) is 5.43 Å². The number of H-pyrrole nitrogens is 1. The van der Waals surface area contributed by atoms with E-state index in [9.17, 15) is 18.0 Å². The van der Waals surface area contributed by atoms with E-state index in [1.807, 2.05) is 32.0 Å². The number of pyridine rings is 1. The number of aryl methyl sites for hydroxylation is 2. The molecule has 0 radical (unpaired) electrons. The minimum absolute atomic E-state index is 0.0783. The second kappa shape index (κ2) is 9.63. The first-order chi connectivity index (χ1) is 16.7. The number of amides is 1. The van der Waals surface area contributed by atoms with Gasteiger partial charge in [0.25, 0.3) is 15.9 Å². The summed E-state index contributed by atoms with van der Waals surface area (Å²) in [5.74, 6) is 0.134. The van der Waals surface area contributed by atoms with Crippen LogP contribution < -0.4 is 20.2 Å². The Morgan fingerprint density at radius 3 is 2.31 bits per heavy atom. The Bertz CT molecular complexity index is 1560. The van der Waals surface area contributed by atoms with Crippen molar-refractivity contribution in [1.82, 2.24) is 10.3 Å². The normalized spacial score (nSPS) is 11.3. The van der Waals surface area contributed by atoms with Crippen LogP contribution in [0.15, 0.2) is 76.6 Å². The summed E-state index contributed by atoms with van der Waals surface area (Å²) >= 11 is 0. The Labute approximate surface area is 203 Å². The highest BCUT2D eigenvalue weighted by molar-refractivity contribution is 7.92. The molecular formula is C26H25N3O5S. The van der Waals surface area contributed by atoms with E-state index >= 15 is 0 Å². The monoisotopic (exact) mass is 491 g/mol. The first-order valence-corrected chi connectivity index (χ1v) is 12.3.